The van der Waals surface area contributed by atoms with Crippen molar-refractivity contribution in [1.29, 1.82) is 0 Å². The summed E-state index contributed by atoms with van der Waals surface area (Å²) in [5, 5.41) is 9.98. The maximum absolute atomic E-state index is 13.2. The van der Waals surface area contributed by atoms with Crippen LogP contribution in [0.25, 0.3) is 5.69 Å². The molecule has 0 atom stereocenters. The van der Waals surface area contributed by atoms with Crippen LogP contribution in [0.4, 0.5) is 15.8 Å². The van der Waals surface area contributed by atoms with Gasteiger partial charge < -0.3 is 10.6 Å². The fourth-order valence-electron chi connectivity index (χ4n) is 3.40. The minimum absolute atomic E-state index is 0.259. The lowest BCUT2D eigenvalue weighted by atomic mass is 10.1. The first-order chi connectivity index (χ1) is 15.4. The van der Waals surface area contributed by atoms with Gasteiger partial charge in [0.1, 0.15) is 5.82 Å². The van der Waals surface area contributed by atoms with Gasteiger partial charge in [0.2, 0.25) is 0 Å². The van der Waals surface area contributed by atoms with Gasteiger partial charge in [-0.25, -0.2) is 9.07 Å². The highest BCUT2D eigenvalue weighted by atomic mass is 19.1. The molecule has 0 fully saturated rings. The van der Waals surface area contributed by atoms with E-state index in [9.17, 15) is 14.0 Å². The van der Waals surface area contributed by atoms with E-state index in [1.807, 2.05) is 18.2 Å². The van der Waals surface area contributed by atoms with Crippen LogP contribution in [0, 0.1) is 19.7 Å². The predicted molar refractivity (Wildman–Crippen MR) is 122 cm³/mol. The molecule has 4 aromatic rings. The highest BCUT2D eigenvalue weighted by molar-refractivity contribution is 6.09. The van der Waals surface area contributed by atoms with Gasteiger partial charge in [0.15, 0.2) is 0 Å². The van der Waals surface area contributed by atoms with Crippen LogP contribution < -0.4 is 10.6 Å². The quantitative estimate of drug-likeness (QED) is 0.463. The third-order valence-corrected chi connectivity index (χ3v) is 5.18. The van der Waals surface area contributed by atoms with Crippen LogP contribution >= 0.6 is 0 Å². The van der Waals surface area contributed by atoms with E-state index in [1.165, 1.54) is 18.3 Å². The predicted octanol–water partition coefficient (Wildman–Crippen LogP) is 5.13. The molecule has 1 heterocycles. The van der Waals surface area contributed by atoms with Crippen LogP contribution in [0.2, 0.25) is 0 Å². The summed E-state index contributed by atoms with van der Waals surface area (Å²) in [6.07, 6.45) is 1.47. The first kappa shape index (κ1) is 21.0. The fourth-order valence-corrected chi connectivity index (χ4v) is 3.40. The molecular formula is C25H21FN4O2. The molecule has 32 heavy (non-hydrogen) atoms. The first-order valence-electron chi connectivity index (χ1n) is 10.0. The monoisotopic (exact) mass is 428 g/mol. The van der Waals surface area contributed by atoms with Gasteiger partial charge >= 0.3 is 0 Å². The third kappa shape index (κ3) is 4.27. The molecule has 1 aromatic heterocycles. The molecule has 2 N–H and O–H groups in total. The maximum atomic E-state index is 13.2. The number of carbonyl (C=O) groups is 2. The van der Waals surface area contributed by atoms with Crippen molar-refractivity contribution in [2.24, 2.45) is 0 Å². The molecule has 3 aromatic carbocycles. The number of aromatic nitrogens is 2. The molecule has 0 saturated carbocycles. The molecule has 0 saturated heterocycles. The lowest BCUT2D eigenvalue weighted by molar-refractivity contribution is 0.101. The Labute approximate surface area is 184 Å². The normalized spacial score (nSPS) is 10.6. The van der Waals surface area contributed by atoms with Crippen LogP contribution in [0.5, 0.6) is 0 Å². The Morgan fingerprint density at radius 3 is 2.22 bits per heavy atom. The van der Waals surface area contributed by atoms with Crippen molar-refractivity contribution in [3.8, 4) is 5.69 Å². The molecular weight excluding hydrogens is 407 g/mol. The maximum Gasteiger partial charge on any atom is 0.259 e. The van der Waals surface area contributed by atoms with Crippen molar-refractivity contribution in [2.75, 3.05) is 10.6 Å². The zero-order valence-corrected chi connectivity index (χ0v) is 17.6. The molecule has 6 nitrogen and oxygen atoms in total. The van der Waals surface area contributed by atoms with E-state index in [1.54, 1.807) is 61.0 Å². The second kappa shape index (κ2) is 8.85. The van der Waals surface area contributed by atoms with Gasteiger partial charge in [-0.05, 0) is 67.9 Å². The van der Waals surface area contributed by atoms with Crippen molar-refractivity contribution in [1.82, 2.24) is 9.78 Å². The zero-order chi connectivity index (χ0) is 22.7. The molecule has 0 radical (unpaired) electrons. The van der Waals surface area contributed by atoms with Crippen LogP contribution in [-0.2, 0) is 0 Å². The molecule has 0 spiro atoms. The number of rotatable bonds is 5. The summed E-state index contributed by atoms with van der Waals surface area (Å²) in [5.74, 6) is -0.951. The average Bonchev–Trinajstić information content (AvgIpc) is 3.17. The SMILES string of the molecule is Cc1c(NC(=O)c2cnn(-c3ccc(F)cc3)c2C)cccc1C(=O)Nc1ccccc1. The number of carbonyl (C=O) groups excluding carboxylic acids is 2. The Balaban J connectivity index is 1.55. The highest BCUT2D eigenvalue weighted by Gasteiger charge is 2.18. The van der Waals surface area contributed by atoms with Gasteiger partial charge in [0.05, 0.1) is 23.1 Å². The van der Waals surface area contributed by atoms with E-state index >= 15 is 0 Å². The molecule has 0 aliphatic carbocycles. The van der Waals surface area contributed by atoms with Gasteiger partial charge in [-0.2, -0.15) is 5.10 Å². The molecule has 0 aliphatic rings. The van der Waals surface area contributed by atoms with Gasteiger partial charge in [-0.3, -0.25) is 9.59 Å². The lowest BCUT2D eigenvalue weighted by Gasteiger charge is -2.13. The number of anilines is 2. The van der Waals surface area contributed by atoms with E-state index in [0.29, 0.717) is 39.4 Å². The molecule has 0 aliphatic heterocycles. The van der Waals surface area contributed by atoms with Gasteiger partial charge in [0, 0.05) is 16.9 Å². The van der Waals surface area contributed by atoms with E-state index in [0.717, 1.165) is 0 Å². The van der Waals surface area contributed by atoms with Gasteiger partial charge in [-0.15, -0.1) is 0 Å². The van der Waals surface area contributed by atoms with E-state index in [4.69, 9.17) is 0 Å². The summed E-state index contributed by atoms with van der Waals surface area (Å²) in [6, 6.07) is 20.2. The standard InChI is InChI=1S/C25H21FN4O2/c1-16-21(24(31)28-19-7-4-3-5-8-19)9-6-10-23(16)29-25(32)22-15-27-30(17(22)2)20-13-11-18(26)12-14-20/h3-15H,1-2H3,(H,28,31)(H,29,32). The average molecular weight is 428 g/mol. The Hall–Kier alpha value is -4.26. The molecule has 4 rings (SSSR count). The number of amides is 2. The number of nitrogens with one attached hydrogen (secondary N) is 2. The number of nitrogens with zero attached hydrogens (tertiary/aromatic N) is 2. The van der Waals surface area contributed by atoms with E-state index < -0.39 is 0 Å². The fraction of sp³-hybridized carbons (Fsp3) is 0.0800. The third-order valence-electron chi connectivity index (χ3n) is 5.18. The topological polar surface area (TPSA) is 76.0 Å². The molecule has 160 valence electrons. The number of hydrogen-bond acceptors (Lipinski definition) is 3. The summed E-state index contributed by atoms with van der Waals surface area (Å²) in [5.41, 5.74) is 3.99. The Morgan fingerprint density at radius 2 is 1.50 bits per heavy atom. The van der Waals surface area contributed by atoms with E-state index in [2.05, 4.69) is 15.7 Å². The highest BCUT2D eigenvalue weighted by Crippen LogP contribution is 2.22. The summed E-state index contributed by atoms with van der Waals surface area (Å²) in [4.78, 5) is 25.7. The Morgan fingerprint density at radius 1 is 0.812 bits per heavy atom. The van der Waals surface area contributed by atoms with Crippen molar-refractivity contribution in [3.63, 3.8) is 0 Å². The van der Waals surface area contributed by atoms with Crippen molar-refractivity contribution in [3.05, 3.63) is 107 Å². The smallest absolute Gasteiger partial charge is 0.259 e. The first-order valence-corrected chi connectivity index (χ1v) is 10.0. The number of benzene rings is 3. The van der Waals surface area contributed by atoms with Crippen LogP contribution in [0.15, 0.2) is 79.0 Å². The van der Waals surface area contributed by atoms with Crippen LogP contribution in [0.3, 0.4) is 0 Å². The summed E-state index contributed by atoms with van der Waals surface area (Å²) in [6.45, 7) is 3.55. The Kier molecular flexibility index (Phi) is 5.81. The molecule has 0 bridgehead atoms. The van der Waals surface area contributed by atoms with Crippen molar-refractivity contribution >= 4 is 23.2 Å². The largest absolute Gasteiger partial charge is 0.322 e. The number of halogens is 1. The van der Waals surface area contributed by atoms with Crippen molar-refractivity contribution in [2.45, 2.75) is 13.8 Å². The van der Waals surface area contributed by atoms with Crippen LogP contribution in [0.1, 0.15) is 32.0 Å². The van der Waals surface area contributed by atoms with E-state index in [-0.39, 0.29) is 17.6 Å². The minimum atomic E-state index is -0.348. The molecule has 0 unspecified atom stereocenters. The summed E-state index contributed by atoms with van der Waals surface area (Å²) >= 11 is 0. The second-order valence-electron chi connectivity index (χ2n) is 7.28. The number of para-hydroxylation sites is 1. The lowest BCUT2D eigenvalue weighted by Crippen LogP contribution is -2.17. The van der Waals surface area contributed by atoms with Gasteiger partial charge in [-0.1, -0.05) is 24.3 Å². The molecule has 7 heteroatoms. The zero-order valence-electron chi connectivity index (χ0n) is 17.6. The number of hydrogen-bond donors (Lipinski definition) is 2. The second-order valence-corrected chi connectivity index (χ2v) is 7.28. The van der Waals surface area contributed by atoms with Crippen LogP contribution in [-0.4, -0.2) is 21.6 Å². The van der Waals surface area contributed by atoms with Gasteiger partial charge in [0.25, 0.3) is 11.8 Å². The molecule has 2 amide bonds. The Bertz CT molecular complexity index is 1280. The summed E-state index contributed by atoms with van der Waals surface area (Å²) < 4.78 is 14.8. The summed E-state index contributed by atoms with van der Waals surface area (Å²) in [7, 11) is 0. The minimum Gasteiger partial charge on any atom is -0.322 e. The van der Waals surface area contributed by atoms with Crippen molar-refractivity contribution < 1.29 is 14.0 Å².